The highest BCUT2D eigenvalue weighted by Crippen LogP contribution is 2.18. The molecule has 0 fully saturated rings. The Balaban J connectivity index is 0.00000312. The third-order valence-electron chi connectivity index (χ3n) is 3.58. The topological polar surface area (TPSA) is 62.5 Å². The van der Waals surface area contributed by atoms with E-state index in [2.05, 4.69) is 45.9 Å². The lowest BCUT2D eigenvalue weighted by Gasteiger charge is -2.10. The molecule has 0 aliphatic carbocycles. The number of benzene rings is 1. The van der Waals surface area contributed by atoms with Gasteiger partial charge in [-0.05, 0) is 43.9 Å². The molecule has 25 heavy (non-hydrogen) atoms. The summed E-state index contributed by atoms with van der Waals surface area (Å²) in [5, 5.41) is 6.58. The van der Waals surface area contributed by atoms with E-state index in [1.165, 1.54) is 17.7 Å². The summed E-state index contributed by atoms with van der Waals surface area (Å²) in [5.41, 5.74) is 3.07. The predicted molar refractivity (Wildman–Crippen MR) is 118 cm³/mol. The van der Waals surface area contributed by atoms with Crippen molar-refractivity contribution in [3.8, 4) is 11.5 Å². The summed E-state index contributed by atoms with van der Waals surface area (Å²) in [4.78, 5) is 8.75. The molecule has 0 saturated heterocycles. The summed E-state index contributed by atoms with van der Waals surface area (Å²) in [6.45, 7) is 3.57. The van der Waals surface area contributed by atoms with Crippen LogP contribution in [0.4, 0.5) is 0 Å². The van der Waals surface area contributed by atoms with Crippen LogP contribution in [0.3, 0.4) is 0 Å². The van der Waals surface area contributed by atoms with Crippen molar-refractivity contribution in [2.75, 3.05) is 25.6 Å². The summed E-state index contributed by atoms with van der Waals surface area (Å²) in [6.07, 6.45) is 6.18. The minimum absolute atomic E-state index is 0. The number of unbranched alkanes of at least 4 members (excludes halogenated alkanes) is 1. The molecule has 0 atom stereocenters. The fraction of sp³-hybridized carbons (Fsp3) is 0.444. The van der Waals surface area contributed by atoms with E-state index in [0.717, 1.165) is 30.2 Å². The van der Waals surface area contributed by atoms with Gasteiger partial charge in [0.1, 0.15) is 6.26 Å². The van der Waals surface area contributed by atoms with Gasteiger partial charge in [0.2, 0.25) is 5.89 Å². The van der Waals surface area contributed by atoms with Crippen molar-refractivity contribution in [3.05, 3.63) is 41.8 Å². The molecule has 2 aromatic rings. The van der Waals surface area contributed by atoms with Gasteiger partial charge >= 0.3 is 0 Å². The van der Waals surface area contributed by atoms with E-state index in [9.17, 15) is 0 Å². The number of halogens is 1. The predicted octanol–water partition coefficient (Wildman–Crippen LogP) is 4.08. The number of aryl methyl sites for hydroxylation is 1. The van der Waals surface area contributed by atoms with Gasteiger partial charge in [0.25, 0.3) is 0 Å². The maximum absolute atomic E-state index is 5.57. The van der Waals surface area contributed by atoms with Crippen LogP contribution in [-0.2, 0) is 6.54 Å². The van der Waals surface area contributed by atoms with Crippen molar-refractivity contribution >= 4 is 41.7 Å². The molecule has 1 aromatic heterocycles. The van der Waals surface area contributed by atoms with Crippen LogP contribution in [0, 0.1) is 6.92 Å². The molecule has 2 N–H and O–H groups in total. The maximum atomic E-state index is 5.57. The number of rotatable bonds is 8. The molecule has 0 saturated carbocycles. The van der Waals surface area contributed by atoms with Gasteiger partial charge in [-0.15, -0.1) is 24.0 Å². The van der Waals surface area contributed by atoms with Gasteiger partial charge in [-0.2, -0.15) is 11.8 Å². The number of hydrogen-bond donors (Lipinski definition) is 2. The number of oxazole rings is 1. The van der Waals surface area contributed by atoms with Crippen LogP contribution in [0.15, 0.2) is 39.9 Å². The highest BCUT2D eigenvalue weighted by molar-refractivity contribution is 14.0. The molecule has 2 rings (SSSR count). The van der Waals surface area contributed by atoms with Crippen LogP contribution in [0.2, 0.25) is 0 Å². The summed E-state index contributed by atoms with van der Waals surface area (Å²) in [6, 6.07) is 8.15. The van der Waals surface area contributed by atoms with Crippen molar-refractivity contribution in [2.24, 2.45) is 4.99 Å². The van der Waals surface area contributed by atoms with Gasteiger partial charge in [0.05, 0.1) is 12.2 Å². The summed E-state index contributed by atoms with van der Waals surface area (Å²) in [5.74, 6) is 2.64. The first-order chi connectivity index (χ1) is 11.7. The normalized spacial score (nSPS) is 11.1. The third kappa shape index (κ3) is 7.68. The minimum Gasteiger partial charge on any atom is -0.444 e. The van der Waals surface area contributed by atoms with E-state index in [4.69, 9.17) is 4.42 Å². The second kappa shape index (κ2) is 12.2. The Morgan fingerprint density at radius 2 is 1.96 bits per heavy atom. The van der Waals surface area contributed by atoms with E-state index >= 15 is 0 Å². The molecule has 0 spiro atoms. The standard InChI is InChI=1S/C18H26N4OS.HI/c1-14-6-8-15(9-7-14)17-22-16(13-23-17)12-21-18(19-2)20-10-4-5-11-24-3;/h6-9,13H,4-5,10-12H2,1-3H3,(H2,19,20,21);1H. The van der Waals surface area contributed by atoms with E-state index in [-0.39, 0.29) is 24.0 Å². The van der Waals surface area contributed by atoms with Crippen LogP contribution in [0.25, 0.3) is 11.5 Å². The Bertz CT molecular complexity index is 643. The van der Waals surface area contributed by atoms with Crippen molar-refractivity contribution in [2.45, 2.75) is 26.3 Å². The molecule has 0 unspecified atom stereocenters. The molecule has 1 heterocycles. The average Bonchev–Trinajstić information content (AvgIpc) is 3.07. The largest absolute Gasteiger partial charge is 0.444 e. The molecule has 0 aliphatic rings. The van der Waals surface area contributed by atoms with Crippen LogP contribution in [-0.4, -0.2) is 36.5 Å². The van der Waals surface area contributed by atoms with Crippen molar-refractivity contribution < 1.29 is 4.42 Å². The number of nitrogens with one attached hydrogen (secondary N) is 2. The summed E-state index contributed by atoms with van der Waals surface area (Å²) < 4.78 is 5.57. The highest BCUT2D eigenvalue weighted by Gasteiger charge is 2.07. The van der Waals surface area contributed by atoms with Crippen LogP contribution >= 0.6 is 35.7 Å². The lowest BCUT2D eigenvalue weighted by atomic mass is 10.1. The first-order valence-corrected chi connectivity index (χ1v) is 9.57. The van der Waals surface area contributed by atoms with Crippen molar-refractivity contribution in [3.63, 3.8) is 0 Å². The number of nitrogens with zero attached hydrogens (tertiary/aromatic N) is 2. The Morgan fingerprint density at radius 3 is 2.64 bits per heavy atom. The maximum Gasteiger partial charge on any atom is 0.226 e. The van der Waals surface area contributed by atoms with Crippen LogP contribution < -0.4 is 10.6 Å². The number of guanidine groups is 1. The van der Waals surface area contributed by atoms with E-state index in [0.29, 0.717) is 12.4 Å². The van der Waals surface area contributed by atoms with Crippen molar-refractivity contribution in [1.82, 2.24) is 15.6 Å². The average molecular weight is 474 g/mol. The minimum atomic E-state index is 0. The third-order valence-corrected chi connectivity index (χ3v) is 4.28. The Kier molecular flexibility index (Phi) is 10.6. The highest BCUT2D eigenvalue weighted by atomic mass is 127. The molecule has 1 aromatic carbocycles. The van der Waals surface area contributed by atoms with E-state index < -0.39 is 0 Å². The quantitative estimate of drug-likeness (QED) is 0.261. The Morgan fingerprint density at radius 1 is 1.20 bits per heavy atom. The molecule has 5 nitrogen and oxygen atoms in total. The zero-order valence-corrected chi connectivity index (χ0v) is 18.2. The Hall–Kier alpha value is -1.22. The van der Waals surface area contributed by atoms with Gasteiger partial charge in [-0.3, -0.25) is 4.99 Å². The number of aromatic nitrogens is 1. The second-order valence-electron chi connectivity index (χ2n) is 5.56. The van der Waals surface area contributed by atoms with Gasteiger partial charge in [0, 0.05) is 19.2 Å². The SMILES string of the molecule is CN=C(NCCCCSC)NCc1coc(-c2ccc(C)cc2)n1.I. The number of aliphatic imine (C=N–C) groups is 1. The first-order valence-electron chi connectivity index (χ1n) is 8.18. The Labute approximate surface area is 171 Å². The number of hydrogen-bond acceptors (Lipinski definition) is 4. The van der Waals surface area contributed by atoms with Gasteiger partial charge in [0.15, 0.2) is 5.96 Å². The molecule has 7 heteroatoms. The first kappa shape index (κ1) is 21.8. The fourth-order valence-corrected chi connectivity index (χ4v) is 2.68. The van der Waals surface area contributed by atoms with E-state index in [1.54, 1.807) is 13.3 Å². The van der Waals surface area contributed by atoms with E-state index in [1.807, 2.05) is 23.9 Å². The van der Waals surface area contributed by atoms with Gasteiger partial charge in [-0.1, -0.05) is 17.7 Å². The zero-order valence-electron chi connectivity index (χ0n) is 15.0. The number of thioether (sulfide) groups is 1. The molecule has 0 bridgehead atoms. The molecule has 0 radical (unpaired) electrons. The second-order valence-corrected chi connectivity index (χ2v) is 6.55. The lowest BCUT2D eigenvalue weighted by Crippen LogP contribution is -2.37. The van der Waals surface area contributed by atoms with Crippen molar-refractivity contribution in [1.29, 1.82) is 0 Å². The van der Waals surface area contributed by atoms with Gasteiger partial charge < -0.3 is 15.1 Å². The van der Waals surface area contributed by atoms with Crippen LogP contribution in [0.5, 0.6) is 0 Å². The van der Waals surface area contributed by atoms with Crippen LogP contribution in [0.1, 0.15) is 24.1 Å². The molecular weight excluding hydrogens is 447 g/mol. The lowest BCUT2D eigenvalue weighted by molar-refractivity contribution is 0.572. The molecule has 138 valence electrons. The smallest absolute Gasteiger partial charge is 0.226 e. The summed E-state index contributed by atoms with van der Waals surface area (Å²) in [7, 11) is 1.78. The molecule has 0 aliphatic heterocycles. The molecular formula is C18H27IN4OS. The molecule has 0 amide bonds. The fourth-order valence-electron chi connectivity index (χ4n) is 2.19. The monoisotopic (exact) mass is 474 g/mol. The van der Waals surface area contributed by atoms with Gasteiger partial charge in [-0.25, -0.2) is 4.98 Å². The summed E-state index contributed by atoms with van der Waals surface area (Å²) >= 11 is 1.88. The zero-order chi connectivity index (χ0) is 17.2.